The van der Waals surface area contributed by atoms with Gasteiger partial charge < -0.3 is 81.3 Å². The van der Waals surface area contributed by atoms with Crippen molar-refractivity contribution in [3.63, 3.8) is 0 Å². The molecule has 0 aliphatic rings. The van der Waals surface area contributed by atoms with Gasteiger partial charge in [-0.05, 0) is 26.2 Å². The predicted molar refractivity (Wildman–Crippen MR) is 195 cm³/mol. The van der Waals surface area contributed by atoms with Gasteiger partial charge in [-0.2, -0.15) is 0 Å². The number of rotatable bonds is 49. The molecular weight excluding hydrogens is 704 g/mol. The van der Waals surface area contributed by atoms with Gasteiger partial charge in [0.1, 0.15) is 0 Å². The van der Waals surface area contributed by atoms with Crippen molar-refractivity contribution in [3.8, 4) is 0 Å². The van der Waals surface area contributed by atoms with E-state index < -0.39 is 0 Å². The predicted octanol–water partition coefficient (Wildman–Crippen LogP) is 0.779. The smallest absolute Gasteiger partial charge is 0.0704 e. The maximum absolute atomic E-state index is 8.59. The summed E-state index contributed by atoms with van der Waals surface area (Å²) in [5.41, 5.74) is 0. The van der Waals surface area contributed by atoms with Crippen LogP contribution in [0.25, 0.3) is 0 Å². The Labute approximate surface area is 318 Å². The van der Waals surface area contributed by atoms with E-state index in [9.17, 15) is 0 Å². The van der Waals surface area contributed by atoms with Gasteiger partial charge in [0.2, 0.25) is 0 Å². The molecule has 0 aromatic rings. The van der Waals surface area contributed by atoms with Crippen molar-refractivity contribution in [2.75, 3.05) is 205 Å². The van der Waals surface area contributed by atoms with Crippen LogP contribution in [-0.4, -0.2) is 221 Å². The first-order chi connectivity index (χ1) is 26.3. The van der Waals surface area contributed by atoms with Gasteiger partial charge in [-0.3, -0.25) is 0 Å². The van der Waals surface area contributed by atoms with E-state index in [0.717, 1.165) is 19.3 Å². The van der Waals surface area contributed by atoms with Crippen molar-refractivity contribution in [1.29, 1.82) is 0 Å². The molecule has 0 heterocycles. The summed E-state index contributed by atoms with van der Waals surface area (Å²) < 4.78 is 81.8. The van der Waals surface area contributed by atoms with Gasteiger partial charge in [0.25, 0.3) is 0 Å². The highest BCUT2D eigenvalue weighted by atomic mass is 16.6. The standard InChI is InChI=1S/C36H74O17/c1-36(4-9-41-14-19-46-24-28-49-30-31-50-29-26-48-21-16-43-11-6-38)53-35-34-52-33-32-51-27-23-45-18-13-40-8-3-2-7-39-12-17-44-22-25-47-20-15-42-10-5-37/h36-38H,2-35H2,1H3. The van der Waals surface area contributed by atoms with E-state index >= 15 is 0 Å². The summed E-state index contributed by atoms with van der Waals surface area (Å²) in [6, 6.07) is 0. The molecule has 1 atom stereocenters. The number of aliphatic hydroxyl groups excluding tert-OH is 2. The fourth-order valence-corrected chi connectivity index (χ4v) is 3.90. The van der Waals surface area contributed by atoms with Crippen LogP contribution in [0.5, 0.6) is 0 Å². The van der Waals surface area contributed by atoms with Crippen LogP contribution in [0.1, 0.15) is 26.2 Å². The zero-order valence-electron chi connectivity index (χ0n) is 32.6. The van der Waals surface area contributed by atoms with Gasteiger partial charge in [0.05, 0.1) is 191 Å². The van der Waals surface area contributed by atoms with Crippen molar-refractivity contribution in [2.24, 2.45) is 0 Å². The van der Waals surface area contributed by atoms with Crippen LogP contribution in [0, 0.1) is 0 Å². The quantitative estimate of drug-likeness (QED) is 0.0828. The van der Waals surface area contributed by atoms with Crippen LogP contribution >= 0.6 is 0 Å². The molecule has 0 aromatic carbocycles. The van der Waals surface area contributed by atoms with Gasteiger partial charge in [-0.1, -0.05) is 0 Å². The Bertz CT molecular complexity index is 641. The second-order valence-electron chi connectivity index (χ2n) is 11.2. The number of hydrogen-bond acceptors (Lipinski definition) is 17. The lowest BCUT2D eigenvalue weighted by molar-refractivity contribution is -0.0306. The minimum absolute atomic E-state index is 0.0232. The third-order valence-electron chi connectivity index (χ3n) is 6.69. The van der Waals surface area contributed by atoms with Crippen molar-refractivity contribution in [1.82, 2.24) is 0 Å². The van der Waals surface area contributed by atoms with Crippen LogP contribution in [0.15, 0.2) is 0 Å². The Morgan fingerprint density at radius 1 is 0.264 bits per heavy atom. The first-order valence-corrected chi connectivity index (χ1v) is 19.2. The average Bonchev–Trinajstić information content (AvgIpc) is 3.16. The molecule has 0 aliphatic carbocycles. The molecule has 0 fully saturated rings. The van der Waals surface area contributed by atoms with E-state index in [2.05, 4.69) is 0 Å². The van der Waals surface area contributed by atoms with Crippen LogP contribution in [0.3, 0.4) is 0 Å². The van der Waals surface area contributed by atoms with Gasteiger partial charge in [0, 0.05) is 19.8 Å². The monoisotopic (exact) mass is 778 g/mol. The summed E-state index contributed by atoms with van der Waals surface area (Å²) in [4.78, 5) is 0. The molecule has 2 N–H and O–H groups in total. The van der Waals surface area contributed by atoms with Gasteiger partial charge in [-0.25, -0.2) is 0 Å². The molecule has 0 saturated carbocycles. The molecule has 0 aromatic heterocycles. The van der Waals surface area contributed by atoms with E-state index in [-0.39, 0.29) is 19.3 Å². The van der Waals surface area contributed by atoms with Crippen molar-refractivity contribution < 1.29 is 81.3 Å². The highest BCUT2D eigenvalue weighted by Crippen LogP contribution is 1.98. The van der Waals surface area contributed by atoms with E-state index in [0.29, 0.717) is 192 Å². The second-order valence-corrected chi connectivity index (χ2v) is 11.2. The summed E-state index contributed by atoms with van der Waals surface area (Å²) in [6.07, 6.45) is 2.76. The van der Waals surface area contributed by atoms with Crippen LogP contribution in [0.4, 0.5) is 0 Å². The molecule has 320 valence electrons. The molecule has 1 unspecified atom stereocenters. The minimum atomic E-state index is 0.0232. The lowest BCUT2D eigenvalue weighted by Gasteiger charge is -2.13. The highest BCUT2D eigenvalue weighted by Gasteiger charge is 2.03. The summed E-state index contributed by atoms with van der Waals surface area (Å²) in [7, 11) is 0. The highest BCUT2D eigenvalue weighted by molar-refractivity contribution is 4.50. The normalized spacial score (nSPS) is 12.3. The summed E-state index contributed by atoms with van der Waals surface area (Å²) in [6.45, 7) is 17.1. The topological polar surface area (TPSA) is 179 Å². The molecule has 0 saturated heterocycles. The lowest BCUT2D eigenvalue weighted by Crippen LogP contribution is -2.17. The molecule has 17 heteroatoms. The molecule has 0 aliphatic heterocycles. The largest absolute Gasteiger partial charge is 0.394 e. The summed E-state index contributed by atoms with van der Waals surface area (Å²) in [5, 5.41) is 17.2. The minimum Gasteiger partial charge on any atom is -0.394 e. The number of unbranched alkanes of at least 4 members (excludes halogenated alkanes) is 1. The van der Waals surface area contributed by atoms with E-state index in [4.69, 9.17) is 81.3 Å². The number of hydrogen-bond donors (Lipinski definition) is 2. The fraction of sp³-hybridized carbons (Fsp3) is 1.00. The van der Waals surface area contributed by atoms with E-state index in [1.807, 2.05) is 6.92 Å². The Balaban J connectivity index is 3.13. The SMILES string of the molecule is CC(CCOCCOCCOCCOCCOCCOCCO)OCCOCCOCCOCCOCCCCOCCOCCOCCOCCO. The average molecular weight is 779 g/mol. The molecule has 0 amide bonds. The van der Waals surface area contributed by atoms with Crippen molar-refractivity contribution in [2.45, 2.75) is 32.3 Å². The van der Waals surface area contributed by atoms with E-state index in [1.165, 1.54) is 0 Å². The van der Waals surface area contributed by atoms with Gasteiger partial charge in [-0.15, -0.1) is 0 Å². The second kappa shape index (κ2) is 49.3. The molecule has 0 rings (SSSR count). The van der Waals surface area contributed by atoms with Crippen molar-refractivity contribution in [3.05, 3.63) is 0 Å². The maximum atomic E-state index is 8.59. The van der Waals surface area contributed by atoms with Crippen LogP contribution in [0.2, 0.25) is 0 Å². The lowest BCUT2D eigenvalue weighted by atomic mass is 10.3. The molecular formula is C36H74O17. The Morgan fingerprint density at radius 3 is 0.736 bits per heavy atom. The molecule has 0 bridgehead atoms. The third kappa shape index (κ3) is 49.3. The molecule has 17 nitrogen and oxygen atoms in total. The number of ether oxygens (including phenoxy) is 15. The summed E-state index contributed by atoms with van der Waals surface area (Å²) in [5.74, 6) is 0. The first kappa shape index (κ1) is 52.3. The molecule has 0 spiro atoms. The maximum Gasteiger partial charge on any atom is 0.0704 e. The molecule has 0 radical (unpaired) electrons. The van der Waals surface area contributed by atoms with Gasteiger partial charge in [0.15, 0.2) is 0 Å². The fourth-order valence-electron chi connectivity index (χ4n) is 3.90. The Kier molecular flexibility index (Phi) is 48.7. The zero-order valence-corrected chi connectivity index (χ0v) is 32.6. The first-order valence-electron chi connectivity index (χ1n) is 19.2. The Morgan fingerprint density at radius 2 is 0.472 bits per heavy atom. The Hall–Kier alpha value is -0.680. The van der Waals surface area contributed by atoms with Crippen LogP contribution < -0.4 is 0 Å². The number of aliphatic hydroxyl groups is 2. The summed E-state index contributed by atoms with van der Waals surface area (Å²) >= 11 is 0. The molecule has 53 heavy (non-hydrogen) atoms. The van der Waals surface area contributed by atoms with Crippen molar-refractivity contribution >= 4 is 0 Å². The van der Waals surface area contributed by atoms with Gasteiger partial charge >= 0.3 is 0 Å². The van der Waals surface area contributed by atoms with E-state index in [1.54, 1.807) is 0 Å². The van der Waals surface area contributed by atoms with Crippen LogP contribution in [-0.2, 0) is 71.1 Å². The zero-order chi connectivity index (χ0) is 38.2. The third-order valence-corrected chi connectivity index (χ3v) is 6.69.